The smallest absolute Gasteiger partial charge is 0.115 e. The number of hydrogen-bond donors (Lipinski definition) is 1. The first-order chi connectivity index (χ1) is 7.66. The normalized spacial score (nSPS) is 24.2. The maximum absolute atomic E-state index is 5.68. The fourth-order valence-electron chi connectivity index (χ4n) is 2.08. The van der Waals surface area contributed by atoms with Gasteiger partial charge in [-0.05, 0) is 32.8 Å². The lowest BCUT2D eigenvalue weighted by Gasteiger charge is -2.35. The summed E-state index contributed by atoms with van der Waals surface area (Å²) >= 11 is 0. The van der Waals surface area contributed by atoms with Gasteiger partial charge in [-0.1, -0.05) is 0 Å². The maximum atomic E-state index is 5.68. The first-order valence-electron chi connectivity index (χ1n) is 5.78. The van der Waals surface area contributed by atoms with Crippen LogP contribution in [-0.2, 0) is 11.3 Å². The molecule has 0 spiro atoms. The molecule has 1 saturated heterocycles. The van der Waals surface area contributed by atoms with Crippen molar-refractivity contribution in [3.8, 4) is 0 Å². The van der Waals surface area contributed by atoms with Crippen LogP contribution in [0.15, 0.2) is 18.6 Å². The molecule has 1 N–H and O–H groups in total. The van der Waals surface area contributed by atoms with Crippen LogP contribution < -0.4 is 5.32 Å². The number of hydrogen-bond acceptors (Lipinski definition) is 4. The van der Waals surface area contributed by atoms with Gasteiger partial charge < -0.3 is 10.1 Å². The Morgan fingerprint density at radius 3 is 3.12 bits per heavy atom. The van der Waals surface area contributed by atoms with Crippen molar-refractivity contribution < 1.29 is 4.74 Å². The number of nitrogens with zero attached hydrogens (tertiary/aromatic N) is 2. The number of rotatable bonds is 3. The summed E-state index contributed by atoms with van der Waals surface area (Å²) in [4.78, 5) is 8.10. The van der Waals surface area contributed by atoms with Crippen LogP contribution in [-0.4, -0.2) is 28.2 Å². The van der Waals surface area contributed by atoms with Crippen molar-refractivity contribution >= 4 is 0 Å². The van der Waals surface area contributed by atoms with Crippen molar-refractivity contribution in [1.29, 1.82) is 0 Å². The number of aromatic nitrogens is 2. The second-order valence-electron chi connectivity index (χ2n) is 4.88. The predicted molar refractivity (Wildman–Crippen MR) is 61.9 cm³/mol. The molecule has 0 aliphatic carbocycles. The first-order valence-corrected chi connectivity index (χ1v) is 5.78. The van der Waals surface area contributed by atoms with E-state index in [4.69, 9.17) is 4.74 Å². The van der Waals surface area contributed by atoms with Crippen LogP contribution in [0.4, 0.5) is 0 Å². The van der Waals surface area contributed by atoms with Crippen molar-refractivity contribution in [3.05, 3.63) is 24.3 Å². The molecule has 4 nitrogen and oxygen atoms in total. The highest BCUT2D eigenvalue weighted by molar-refractivity contribution is 4.97. The highest BCUT2D eigenvalue weighted by Gasteiger charge is 2.28. The molecule has 0 amide bonds. The van der Waals surface area contributed by atoms with E-state index in [9.17, 15) is 0 Å². The molecule has 2 heterocycles. The highest BCUT2D eigenvalue weighted by Crippen LogP contribution is 2.23. The van der Waals surface area contributed by atoms with E-state index >= 15 is 0 Å². The average molecular weight is 221 g/mol. The molecule has 1 aromatic heterocycles. The summed E-state index contributed by atoms with van der Waals surface area (Å²) in [5, 5.41) is 3.52. The Bertz CT molecular complexity index is 326. The Hall–Kier alpha value is -1.00. The van der Waals surface area contributed by atoms with Crippen LogP contribution in [0.3, 0.4) is 0 Å². The molecule has 2 rings (SSSR count). The second kappa shape index (κ2) is 4.89. The van der Waals surface area contributed by atoms with Crippen LogP contribution in [0.2, 0.25) is 0 Å². The van der Waals surface area contributed by atoms with Gasteiger partial charge in [0.15, 0.2) is 0 Å². The first kappa shape index (κ1) is 11.5. The minimum Gasteiger partial charge on any atom is -0.375 e. The van der Waals surface area contributed by atoms with Gasteiger partial charge in [-0.2, -0.15) is 0 Å². The molecule has 16 heavy (non-hydrogen) atoms. The summed E-state index contributed by atoms with van der Waals surface area (Å²) in [5.74, 6) is 0. The van der Waals surface area contributed by atoms with Crippen LogP contribution in [0.25, 0.3) is 0 Å². The van der Waals surface area contributed by atoms with Gasteiger partial charge >= 0.3 is 0 Å². The van der Waals surface area contributed by atoms with Crippen molar-refractivity contribution in [2.75, 3.05) is 6.61 Å². The third-order valence-corrected chi connectivity index (χ3v) is 2.91. The zero-order valence-corrected chi connectivity index (χ0v) is 9.94. The Balaban J connectivity index is 1.82. The summed E-state index contributed by atoms with van der Waals surface area (Å²) in [6.45, 7) is 5.94. The van der Waals surface area contributed by atoms with Gasteiger partial charge in [-0.3, -0.25) is 0 Å². The van der Waals surface area contributed by atoms with E-state index in [1.165, 1.54) is 0 Å². The van der Waals surface area contributed by atoms with Crippen LogP contribution in [0.5, 0.6) is 0 Å². The van der Waals surface area contributed by atoms with Gasteiger partial charge in [0.1, 0.15) is 6.33 Å². The van der Waals surface area contributed by atoms with Crippen molar-refractivity contribution in [2.24, 2.45) is 0 Å². The molecule has 0 radical (unpaired) electrons. The van der Waals surface area contributed by atoms with Crippen LogP contribution >= 0.6 is 0 Å². The van der Waals surface area contributed by atoms with Gasteiger partial charge in [0.25, 0.3) is 0 Å². The van der Waals surface area contributed by atoms with Gasteiger partial charge in [0.05, 0.1) is 11.3 Å². The Labute approximate surface area is 96.4 Å². The predicted octanol–water partition coefficient (Wildman–Crippen LogP) is 1.52. The van der Waals surface area contributed by atoms with E-state index in [1.807, 2.05) is 6.07 Å². The molecule has 0 bridgehead atoms. The summed E-state index contributed by atoms with van der Waals surface area (Å²) < 4.78 is 5.68. The van der Waals surface area contributed by atoms with Crippen LogP contribution in [0.1, 0.15) is 32.4 Å². The monoisotopic (exact) mass is 221 g/mol. The summed E-state index contributed by atoms with van der Waals surface area (Å²) in [5.41, 5.74) is 1.04. The summed E-state index contributed by atoms with van der Waals surface area (Å²) in [6.07, 6.45) is 5.50. The lowest BCUT2D eigenvalue weighted by molar-refractivity contribution is -0.0631. The SMILES string of the molecule is CC1(C)CC(NCc2ccncn2)CCO1. The fraction of sp³-hybridized carbons (Fsp3) is 0.667. The third kappa shape index (κ3) is 3.25. The molecule has 88 valence electrons. The minimum absolute atomic E-state index is 0.00158. The van der Waals surface area contributed by atoms with E-state index in [-0.39, 0.29) is 5.60 Å². The second-order valence-corrected chi connectivity index (χ2v) is 4.88. The van der Waals surface area contributed by atoms with E-state index in [1.54, 1.807) is 12.5 Å². The Kier molecular flexibility index (Phi) is 3.51. The van der Waals surface area contributed by atoms with Crippen LogP contribution in [0, 0.1) is 0 Å². The molecule has 1 atom stereocenters. The van der Waals surface area contributed by atoms with E-state index in [2.05, 4.69) is 29.1 Å². The lowest BCUT2D eigenvalue weighted by Crippen LogP contribution is -2.43. The molecule has 1 aliphatic rings. The van der Waals surface area contributed by atoms with Gasteiger partial charge in [-0.15, -0.1) is 0 Å². The molecular weight excluding hydrogens is 202 g/mol. The molecule has 4 heteroatoms. The third-order valence-electron chi connectivity index (χ3n) is 2.91. The highest BCUT2D eigenvalue weighted by atomic mass is 16.5. The molecule has 1 aromatic rings. The van der Waals surface area contributed by atoms with E-state index < -0.39 is 0 Å². The largest absolute Gasteiger partial charge is 0.375 e. The topological polar surface area (TPSA) is 47.0 Å². The lowest BCUT2D eigenvalue weighted by atomic mass is 9.94. The number of nitrogens with one attached hydrogen (secondary N) is 1. The fourth-order valence-corrected chi connectivity index (χ4v) is 2.08. The Morgan fingerprint density at radius 1 is 1.56 bits per heavy atom. The quantitative estimate of drug-likeness (QED) is 0.840. The van der Waals surface area contributed by atoms with Gasteiger partial charge in [0, 0.05) is 25.4 Å². The van der Waals surface area contributed by atoms with E-state index in [0.717, 1.165) is 31.7 Å². The van der Waals surface area contributed by atoms with Gasteiger partial charge in [-0.25, -0.2) is 9.97 Å². The zero-order chi connectivity index (χ0) is 11.4. The summed E-state index contributed by atoms with van der Waals surface area (Å²) in [7, 11) is 0. The van der Waals surface area contributed by atoms with Gasteiger partial charge in [0.2, 0.25) is 0 Å². The molecule has 1 unspecified atom stereocenters. The Morgan fingerprint density at radius 2 is 2.44 bits per heavy atom. The summed E-state index contributed by atoms with van der Waals surface area (Å²) in [6, 6.07) is 2.47. The molecule has 1 fully saturated rings. The molecule has 0 saturated carbocycles. The average Bonchev–Trinajstić information content (AvgIpc) is 2.27. The molecular formula is C12H19N3O. The van der Waals surface area contributed by atoms with Crippen molar-refractivity contribution in [3.63, 3.8) is 0 Å². The van der Waals surface area contributed by atoms with E-state index in [0.29, 0.717) is 6.04 Å². The number of ether oxygens (including phenoxy) is 1. The molecule has 0 aromatic carbocycles. The van der Waals surface area contributed by atoms with Crippen molar-refractivity contribution in [2.45, 2.75) is 44.9 Å². The zero-order valence-electron chi connectivity index (χ0n) is 9.94. The molecule has 1 aliphatic heterocycles. The standard InChI is InChI=1S/C12H19N3O/c1-12(2)7-10(4-6-16-12)14-8-11-3-5-13-9-15-11/h3,5,9-10,14H,4,6-8H2,1-2H3. The maximum Gasteiger partial charge on any atom is 0.115 e. The minimum atomic E-state index is 0.00158. The van der Waals surface area contributed by atoms with Crippen molar-refractivity contribution in [1.82, 2.24) is 15.3 Å².